The topological polar surface area (TPSA) is 66.3 Å². The third kappa shape index (κ3) is 3.28. The van der Waals surface area contributed by atoms with Crippen LogP contribution in [-0.2, 0) is 6.42 Å². The van der Waals surface area contributed by atoms with E-state index in [0.29, 0.717) is 13.0 Å². The van der Waals surface area contributed by atoms with Gasteiger partial charge in [0.05, 0.1) is 23.4 Å². The number of carbonyl (C=O) groups is 1. The van der Waals surface area contributed by atoms with Crippen LogP contribution >= 0.6 is 0 Å². The molecule has 0 aliphatic carbocycles. The maximum Gasteiger partial charge on any atom is 0.255 e. The Hall–Kier alpha value is -2.86. The molecule has 0 radical (unpaired) electrons. The SMILES string of the molecule is O=C(c1cncc(F)c1)N1CC(O)C(Cc2ccc3ccccc3n2)C1. The number of nitrogens with zero attached hydrogens (tertiary/aromatic N) is 3. The fraction of sp³-hybridized carbons (Fsp3) is 0.250. The van der Waals surface area contributed by atoms with Crippen molar-refractivity contribution in [3.05, 3.63) is 71.9 Å². The third-order valence-corrected chi connectivity index (χ3v) is 4.77. The number of rotatable bonds is 3. The van der Waals surface area contributed by atoms with Gasteiger partial charge in [-0.15, -0.1) is 0 Å². The first kappa shape index (κ1) is 16.6. The van der Waals surface area contributed by atoms with E-state index in [1.165, 1.54) is 12.3 Å². The number of para-hydroxylation sites is 1. The van der Waals surface area contributed by atoms with Gasteiger partial charge in [0.15, 0.2) is 0 Å². The van der Waals surface area contributed by atoms with Crippen molar-refractivity contribution in [1.82, 2.24) is 14.9 Å². The number of hydrogen-bond donors (Lipinski definition) is 1. The predicted molar refractivity (Wildman–Crippen MR) is 95.0 cm³/mol. The summed E-state index contributed by atoms with van der Waals surface area (Å²) in [6.45, 7) is 0.638. The molecule has 1 N–H and O–H groups in total. The maximum absolute atomic E-state index is 13.3. The molecule has 1 saturated heterocycles. The number of benzene rings is 1. The van der Waals surface area contributed by atoms with Gasteiger partial charge in [0, 0.05) is 36.3 Å². The number of carbonyl (C=O) groups excluding carboxylic acids is 1. The van der Waals surface area contributed by atoms with Gasteiger partial charge in [-0.3, -0.25) is 14.8 Å². The Morgan fingerprint density at radius 1 is 1.19 bits per heavy atom. The number of fused-ring (bicyclic) bond motifs is 1. The molecule has 4 rings (SSSR count). The van der Waals surface area contributed by atoms with Crippen molar-refractivity contribution in [2.45, 2.75) is 12.5 Å². The zero-order chi connectivity index (χ0) is 18.1. The summed E-state index contributed by atoms with van der Waals surface area (Å²) in [5.74, 6) is -0.966. The lowest BCUT2D eigenvalue weighted by Gasteiger charge is -2.16. The van der Waals surface area contributed by atoms with Crippen LogP contribution < -0.4 is 0 Å². The lowest BCUT2D eigenvalue weighted by Crippen LogP contribution is -2.29. The lowest BCUT2D eigenvalue weighted by atomic mass is 9.99. The summed E-state index contributed by atoms with van der Waals surface area (Å²) in [4.78, 5) is 22.4. The quantitative estimate of drug-likeness (QED) is 0.787. The van der Waals surface area contributed by atoms with Gasteiger partial charge in [0.1, 0.15) is 5.82 Å². The smallest absolute Gasteiger partial charge is 0.255 e. The third-order valence-electron chi connectivity index (χ3n) is 4.77. The van der Waals surface area contributed by atoms with E-state index in [1.54, 1.807) is 4.90 Å². The molecule has 1 aliphatic heterocycles. The second-order valence-corrected chi connectivity index (χ2v) is 6.63. The van der Waals surface area contributed by atoms with Crippen LogP contribution in [0.1, 0.15) is 16.1 Å². The minimum absolute atomic E-state index is 0.103. The number of halogens is 1. The highest BCUT2D eigenvalue weighted by Crippen LogP contribution is 2.23. The molecule has 5 nitrogen and oxygen atoms in total. The number of β-amino-alcohol motifs (C(OH)–C–C–N with tert-alkyl or cyclic N) is 1. The summed E-state index contributed by atoms with van der Waals surface area (Å²) in [5.41, 5.74) is 1.99. The number of hydrogen-bond acceptors (Lipinski definition) is 4. The number of pyridine rings is 2. The van der Waals surface area contributed by atoms with E-state index in [0.717, 1.165) is 22.8 Å². The molecule has 0 bridgehead atoms. The first-order valence-electron chi connectivity index (χ1n) is 8.53. The fourth-order valence-corrected chi connectivity index (χ4v) is 3.42. The largest absolute Gasteiger partial charge is 0.391 e. The summed E-state index contributed by atoms with van der Waals surface area (Å²) < 4.78 is 13.3. The van der Waals surface area contributed by atoms with Crippen LogP contribution in [0.15, 0.2) is 54.9 Å². The van der Waals surface area contributed by atoms with Crippen molar-refractivity contribution in [3.8, 4) is 0 Å². The van der Waals surface area contributed by atoms with E-state index in [1.807, 2.05) is 36.4 Å². The van der Waals surface area contributed by atoms with Crippen LogP contribution in [0.4, 0.5) is 4.39 Å². The molecule has 1 amide bonds. The van der Waals surface area contributed by atoms with Gasteiger partial charge < -0.3 is 10.0 Å². The van der Waals surface area contributed by atoms with E-state index < -0.39 is 11.9 Å². The molecule has 1 aromatic carbocycles. The van der Waals surface area contributed by atoms with Gasteiger partial charge in [-0.25, -0.2) is 4.39 Å². The lowest BCUT2D eigenvalue weighted by molar-refractivity contribution is 0.0763. The first-order valence-corrected chi connectivity index (χ1v) is 8.53. The Labute approximate surface area is 150 Å². The van der Waals surface area contributed by atoms with Crippen molar-refractivity contribution in [3.63, 3.8) is 0 Å². The number of aromatic nitrogens is 2. The molecule has 3 aromatic rings. The van der Waals surface area contributed by atoms with Crippen LogP contribution in [0.3, 0.4) is 0 Å². The van der Waals surface area contributed by atoms with Crippen molar-refractivity contribution >= 4 is 16.8 Å². The summed E-state index contributed by atoms with van der Waals surface area (Å²) in [6, 6.07) is 13.0. The molecule has 2 aromatic heterocycles. The Morgan fingerprint density at radius 3 is 2.88 bits per heavy atom. The van der Waals surface area contributed by atoms with Crippen LogP contribution in [0.5, 0.6) is 0 Å². The molecular weight excluding hydrogens is 333 g/mol. The molecule has 2 unspecified atom stereocenters. The zero-order valence-electron chi connectivity index (χ0n) is 14.0. The fourth-order valence-electron chi connectivity index (χ4n) is 3.42. The Kier molecular flexibility index (Phi) is 4.34. The Morgan fingerprint density at radius 2 is 2.04 bits per heavy atom. The highest BCUT2D eigenvalue weighted by atomic mass is 19.1. The molecule has 6 heteroatoms. The molecule has 132 valence electrons. The standard InChI is InChI=1S/C20H18FN3O2/c21-16-7-14(9-22-10-16)20(26)24-11-15(19(25)12-24)8-17-6-5-13-3-1-2-4-18(13)23-17/h1-7,9-10,15,19,25H,8,11-12H2. The molecule has 0 spiro atoms. The van der Waals surface area contributed by atoms with E-state index in [9.17, 15) is 14.3 Å². The van der Waals surface area contributed by atoms with Gasteiger partial charge in [-0.1, -0.05) is 24.3 Å². The van der Waals surface area contributed by atoms with Crippen molar-refractivity contribution in [2.75, 3.05) is 13.1 Å². The monoisotopic (exact) mass is 351 g/mol. The predicted octanol–water partition coefficient (Wildman–Crippen LogP) is 2.44. The van der Waals surface area contributed by atoms with Crippen molar-refractivity contribution in [1.29, 1.82) is 0 Å². The van der Waals surface area contributed by atoms with Crippen LogP contribution in [0.25, 0.3) is 10.9 Å². The minimum Gasteiger partial charge on any atom is -0.391 e. The van der Waals surface area contributed by atoms with Gasteiger partial charge >= 0.3 is 0 Å². The normalized spacial score (nSPS) is 19.8. The molecule has 3 heterocycles. The maximum atomic E-state index is 13.3. The molecular formula is C20H18FN3O2. The number of likely N-dealkylation sites (tertiary alicyclic amines) is 1. The first-order chi connectivity index (χ1) is 12.6. The molecule has 26 heavy (non-hydrogen) atoms. The summed E-state index contributed by atoms with van der Waals surface area (Å²) in [6.07, 6.45) is 2.35. The molecule has 1 aliphatic rings. The van der Waals surface area contributed by atoms with E-state index in [2.05, 4.69) is 9.97 Å². The van der Waals surface area contributed by atoms with E-state index in [-0.39, 0.29) is 23.9 Å². The molecule has 1 fully saturated rings. The zero-order valence-corrected chi connectivity index (χ0v) is 14.0. The number of aliphatic hydroxyl groups excluding tert-OH is 1. The second-order valence-electron chi connectivity index (χ2n) is 6.63. The Balaban J connectivity index is 1.48. The second kappa shape index (κ2) is 6.80. The van der Waals surface area contributed by atoms with Gasteiger partial charge in [0.2, 0.25) is 0 Å². The summed E-state index contributed by atoms with van der Waals surface area (Å²) in [5, 5.41) is 11.4. The number of aliphatic hydroxyl groups is 1. The highest BCUT2D eigenvalue weighted by molar-refractivity contribution is 5.94. The van der Waals surface area contributed by atoms with E-state index in [4.69, 9.17) is 0 Å². The van der Waals surface area contributed by atoms with Crippen molar-refractivity contribution < 1.29 is 14.3 Å². The van der Waals surface area contributed by atoms with Crippen molar-refractivity contribution in [2.24, 2.45) is 5.92 Å². The minimum atomic E-state index is -0.631. The van der Waals surface area contributed by atoms with Gasteiger partial charge in [-0.2, -0.15) is 0 Å². The number of amides is 1. The van der Waals surface area contributed by atoms with Crippen LogP contribution in [0.2, 0.25) is 0 Å². The van der Waals surface area contributed by atoms with Crippen LogP contribution in [0, 0.1) is 11.7 Å². The molecule has 2 atom stereocenters. The van der Waals surface area contributed by atoms with Crippen LogP contribution in [-0.4, -0.2) is 45.1 Å². The van der Waals surface area contributed by atoms with Gasteiger partial charge in [-0.05, 0) is 24.6 Å². The summed E-state index contributed by atoms with van der Waals surface area (Å²) >= 11 is 0. The Bertz CT molecular complexity index is 962. The molecule has 0 saturated carbocycles. The van der Waals surface area contributed by atoms with Gasteiger partial charge in [0.25, 0.3) is 5.91 Å². The average molecular weight is 351 g/mol. The summed E-state index contributed by atoms with van der Waals surface area (Å²) in [7, 11) is 0. The average Bonchev–Trinajstić information content (AvgIpc) is 3.01. The van der Waals surface area contributed by atoms with E-state index >= 15 is 0 Å². The highest BCUT2D eigenvalue weighted by Gasteiger charge is 2.34.